The van der Waals surface area contributed by atoms with Crippen LogP contribution in [0.25, 0.3) is 0 Å². The highest BCUT2D eigenvalue weighted by Gasteiger charge is 2.51. The average molecular weight is 591 g/mol. The lowest BCUT2D eigenvalue weighted by molar-refractivity contribution is -0.304. The van der Waals surface area contributed by atoms with Gasteiger partial charge in [-0.2, -0.15) is 0 Å². The minimum Gasteiger partial charge on any atom is -0.468 e. The Morgan fingerprint density at radius 3 is 2.54 bits per heavy atom. The molecule has 11 N–H and O–H groups in total. The van der Waals surface area contributed by atoms with E-state index in [1.165, 1.54) is 6.92 Å². The van der Waals surface area contributed by atoms with Gasteiger partial charge in [0.2, 0.25) is 12.2 Å². The van der Waals surface area contributed by atoms with E-state index in [0.717, 1.165) is 6.42 Å². The molecule has 3 rings (SSSR count). The predicted octanol–water partition coefficient (Wildman–Crippen LogP) is -2.33. The molecule has 2 aliphatic heterocycles. The molecule has 41 heavy (non-hydrogen) atoms. The summed E-state index contributed by atoms with van der Waals surface area (Å²) in [6, 6.07) is -2.97. The van der Waals surface area contributed by atoms with E-state index in [0.29, 0.717) is 31.4 Å². The van der Waals surface area contributed by atoms with E-state index in [1.54, 1.807) is 7.05 Å². The first-order valence-electron chi connectivity index (χ1n) is 14.6. The molecule has 0 spiro atoms. The van der Waals surface area contributed by atoms with Crippen LogP contribution in [0.3, 0.4) is 0 Å². The number of aliphatic hydroxyl groups excluding tert-OH is 4. The van der Waals surface area contributed by atoms with Crippen molar-refractivity contribution in [2.24, 2.45) is 11.5 Å². The second-order valence-corrected chi connectivity index (χ2v) is 11.5. The zero-order valence-electron chi connectivity index (χ0n) is 24.2. The number of ether oxygens (including phenoxy) is 4. The maximum Gasteiger partial charge on any atom is 0.249 e. The molecule has 1 saturated carbocycles. The van der Waals surface area contributed by atoms with E-state index in [4.69, 9.17) is 35.5 Å². The van der Waals surface area contributed by atoms with Crippen LogP contribution in [0.15, 0.2) is 11.8 Å². The van der Waals surface area contributed by atoms with Gasteiger partial charge in [0.15, 0.2) is 6.29 Å². The largest absolute Gasteiger partial charge is 0.468 e. The molecule has 1 amide bonds. The van der Waals surface area contributed by atoms with E-state index in [9.17, 15) is 25.2 Å². The minimum absolute atomic E-state index is 0.0798. The van der Waals surface area contributed by atoms with Gasteiger partial charge >= 0.3 is 0 Å². The fraction of sp³-hybridized carbons (Fsp3) is 0.889. The highest BCUT2D eigenvalue weighted by atomic mass is 16.7. The summed E-state index contributed by atoms with van der Waals surface area (Å²) in [4.78, 5) is 12.7. The summed E-state index contributed by atoms with van der Waals surface area (Å²) >= 11 is 0. The molecule has 0 unspecified atom stereocenters. The molecule has 2 heterocycles. The Bertz CT molecular complexity index is 864. The number of hydrogen-bond donors (Lipinski definition) is 9. The molecule has 1 saturated heterocycles. The molecule has 238 valence electrons. The molecule has 12 atom stereocenters. The van der Waals surface area contributed by atoms with Crippen LogP contribution in [-0.2, 0) is 23.7 Å². The predicted molar refractivity (Wildman–Crippen MR) is 147 cm³/mol. The monoisotopic (exact) mass is 590 g/mol. The van der Waals surface area contributed by atoms with Gasteiger partial charge in [-0.05, 0) is 52.2 Å². The van der Waals surface area contributed by atoms with Crippen LogP contribution in [0.1, 0.15) is 58.8 Å². The van der Waals surface area contributed by atoms with Crippen LogP contribution in [-0.4, -0.2) is 125 Å². The Balaban J connectivity index is 1.79. The summed E-state index contributed by atoms with van der Waals surface area (Å²) in [5.74, 6) is 0.0384. The Hall–Kier alpha value is -1.43. The third-order valence-corrected chi connectivity index (χ3v) is 8.00. The number of carbonyl (C=O) groups is 1. The van der Waals surface area contributed by atoms with Gasteiger partial charge in [0.25, 0.3) is 0 Å². The van der Waals surface area contributed by atoms with Crippen LogP contribution in [0.4, 0.5) is 0 Å². The second-order valence-electron chi connectivity index (χ2n) is 11.5. The maximum absolute atomic E-state index is 12.7. The Morgan fingerprint density at radius 1 is 1.17 bits per heavy atom. The molecule has 0 aromatic rings. The first-order valence-corrected chi connectivity index (χ1v) is 14.6. The van der Waals surface area contributed by atoms with Gasteiger partial charge in [-0.25, -0.2) is 0 Å². The Kier molecular flexibility index (Phi) is 12.7. The van der Waals surface area contributed by atoms with Crippen LogP contribution in [0.2, 0.25) is 0 Å². The van der Waals surface area contributed by atoms with E-state index < -0.39 is 78.8 Å². The van der Waals surface area contributed by atoms with Crippen LogP contribution in [0.5, 0.6) is 0 Å². The van der Waals surface area contributed by atoms with Crippen molar-refractivity contribution in [3.63, 3.8) is 0 Å². The van der Waals surface area contributed by atoms with Gasteiger partial charge in [-0.15, -0.1) is 0 Å². The fourth-order valence-corrected chi connectivity index (χ4v) is 5.66. The van der Waals surface area contributed by atoms with Gasteiger partial charge in [0.05, 0.1) is 30.5 Å². The number of likely N-dealkylation sites (N-methyl/N-ethyl adjacent to an activating group) is 1. The molecule has 3 aliphatic rings. The molecule has 14 heteroatoms. The standard InChI is InChI=1S/C27H50N4O10/c1-4-7-18(33)24(36)31-17-12-16(29)21(40-25-15(28)10-9-14(39-25)8-5-6-11-32)19(34)22(17)41-26-20(35)23(30-3)27(2,37)13-38-26/h9,15-23,25-26,30,32-35,37H,4-8,10-13,28-29H2,1-3H3,(H,31,36)/t15-,16+,17-,18+,19+,20-,21-,22+,23-,25-,26-,27+/m1/s1. The molecule has 1 aliphatic carbocycles. The van der Waals surface area contributed by atoms with E-state index in [2.05, 4.69) is 10.6 Å². The zero-order chi connectivity index (χ0) is 30.3. The normalized spacial score (nSPS) is 40.4. The third-order valence-electron chi connectivity index (χ3n) is 8.00. The van der Waals surface area contributed by atoms with Crippen LogP contribution >= 0.6 is 0 Å². The lowest BCUT2D eigenvalue weighted by Crippen LogP contribution is -2.69. The molecule has 0 radical (unpaired) electrons. The number of nitrogens with two attached hydrogens (primary N) is 2. The molecule has 14 nitrogen and oxygen atoms in total. The average Bonchev–Trinajstić information content (AvgIpc) is 2.91. The summed E-state index contributed by atoms with van der Waals surface area (Å²) in [6.45, 7) is 3.27. The number of allylic oxidation sites excluding steroid dienone is 1. The summed E-state index contributed by atoms with van der Waals surface area (Å²) in [6.07, 6.45) is -3.11. The lowest BCUT2D eigenvalue weighted by atomic mass is 9.83. The number of unbranched alkanes of at least 4 members (excludes halogenated alkanes) is 1. The van der Waals surface area contributed by atoms with Crippen LogP contribution in [0, 0.1) is 0 Å². The number of carbonyl (C=O) groups excluding carboxylic acids is 1. The SMILES string of the molecule is CCC[C@H](O)C(=O)N[C@@H]1C[C@H](N)[C@@H](O[C@H]2OC(CCCCO)=CC[C@H]2N)[C@H](O)[C@H]1O[C@H]1OC[C@](C)(O)[C@H](NC)[C@H]1O. The van der Waals surface area contributed by atoms with Gasteiger partial charge in [-0.3, -0.25) is 4.79 Å². The fourth-order valence-electron chi connectivity index (χ4n) is 5.66. The molecule has 0 aromatic heterocycles. The summed E-state index contributed by atoms with van der Waals surface area (Å²) in [5, 5.41) is 58.0. The molecule has 2 fully saturated rings. The Morgan fingerprint density at radius 2 is 1.88 bits per heavy atom. The van der Waals surface area contributed by atoms with Crippen molar-refractivity contribution >= 4 is 5.91 Å². The van der Waals surface area contributed by atoms with Gasteiger partial charge in [0.1, 0.15) is 36.1 Å². The van der Waals surface area contributed by atoms with Gasteiger partial charge in [-0.1, -0.05) is 13.3 Å². The van der Waals surface area contributed by atoms with Crippen molar-refractivity contribution in [3.05, 3.63) is 11.8 Å². The molecule has 0 bridgehead atoms. The van der Waals surface area contributed by atoms with Gasteiger partial charge in [0, 0.05) is 19.1 Å². The zero-order valence-corrected chi connectivity index (χ0v) is 24.2. The number of nitrogens with one attached hydrogen (secondary N) is 2. The second kappa shape index (κ2) is 15.3. The van der Waals surface area contributed by atoms with Crippen molar-refractivity contribution in [1.29, 1.82) is 0 Å². The first kappa shape index (κ1) is 34.1. The number of aliphatic hydroxyl groups is 5. The van der Waals surface area contributed by atoms with Crippen molar-refractivity contribution in [2.75, 3.05) is 20.3 Å². The van der Waals surface area contributed by atoms with Gasteiger partial charge < -0.3 is 66.6 Å². The number of rotatable bonds is 13. The van der Waals surface area contributed by atoms with Crippen molar-refractivity contribution in [2.45, 2.75) is 132 Å². The smallest absolute Gasteiger partial charge is 0.249 e. The van der Waals surface area contributed by atoms with E-state index in [-0.39, 0.29) is 26.1 Å². The van der Waals surface area contributed by atoms with Crippen molar-refractivity contribution in [1.82, 2.24) is 10.6 Å². The third kappa shape index (κ3) is 8.57. The number of amides is 1. The van der Waals surface area contributed by atoms with E-state index >= 15 is 0 Å². The summed E-state index contributed by atoms with van der Waals surface area (Å²) < 4.78 is 23.9. The quantitative estimate of drug-likeness (QED) is 0.103. The lowest BCUT2D eigenvalue weighted by Gasteiger charge is -2.49. The van der Waals surface area contributed by atoms with Crippen LogP contribution < -0.4 is 22.1 Å². The summed E-state index contributed by atoms with van der Waals surface area (Å²) in [7, 11) is 1.58. The number of hydrogen-bond acceptors (Lipinski definition) is 13. The Labute approximate surface area is 241 Å². The highest BCUT2D eigenvalue weighted by Crippen LogP contribution is 2.32. The van der Waals surface area contributed by atoms with Crippen molar-refractivity contribution in [3.8, 4) is 0 Å². The first-order chi connectivity index (χ1) is 19.4. The van der Waals surface area contributed by atoms with E-state index in [1.807, 2.05) is 13.0 Å². The molecular formula is C27H50N4O10. The maximum atomic E-state index is 12.7. The summed E-state index contributed by atoms with van der Waals surface area (Å²) in [5.41, 5.74) is 11.3. The van der Waals surface area contributed by atoms with Crippen molar-refractivity contribution < 1.29 is 49.3 Å². The molecule has 0 aromatic carbocycles. The highest BCUT2D eigenvalue weighted by molar-refractivity contribution is 5.80. The minimum atomic E-state index is -1.42. The molecular weight excluding hydrogens is 540 g/mol. The topological polar surface area (TPSA) is 231 Å².